The molecular formula is C58H38O3S4. The number of carbonyl (C=O) groups is 2. The number of ether oxygens (including phenoxy) is 1. The van der Waals surface area contributed by atoms with E-state index >= 15 is 0 Å². The van der Waals surface area contributed by atoms with Crippen LogP contribution in [-0.4, -0.2) is 11.6 Å². The normalized spacial score (nSPS) is 14.0. The van der Waals surface area contributed by atoms with Crippen LogP contribution in [0.2, 0.25) is 0 Å². The predicted molar refractivity (Wildman–Crippen MR) is 278 cm³/mol. The number of ketones is 2. The quantitative estimate of drug-likeness (QED) is 0.103. The van der Waals surface area contributed by atoms with Crippen LogP contribution in [0.4, 0.5) is 0 Å². The second-order valence-corrected chi connectivity index (χ2v) is 17.8. The molecule has 2 aliphatic carbocycles. The number of benzene rings is 8. The molecule has 8 aromatic rings. The first-order valence-electron chi connectivity index (χ1n) is 21.0. The Bertz CT molecular complexity index is 3030. The molecular weight excluding hydrogens is 873 g/mol. The van der Waals surface area contributed by atoms with Gasteiger partial charge in [0.05, 0.1) is 0 Å². The highest BCUT2D eigenvalue weighted by molar-refractivity contribution is 7.80. The monoisotopic (exact) mass is 910 g/mol. The molecule has 10 rings (SSSR count). The fourth-order valence-corrected chi connectivity index (χ4v) is 9.29. The Morgan fingerprint density at radius 3 is 0.677 bits per heavy atom. The average Bonchev–Trinajstić information content (AvgIpc) is 3.82. The van der Waals surface area contributed by atoms with Crippen LogP contribution < -0.4 is 4.74 Å². The lowest BCUT2D eigenvalue weighted by atomic mass is 9.89. The molecule has 7 heteroatoms. The van der Waals surface area contributed by atoms with Gasteiger partial charge in [-0.05, 0) is 117 Å². The summed E-state index contributed by atoms with van der Waals surface area (Å²) in [7, 11) is 0. The van der Waals surface area contributed by atoms with Gasteiger partial charge in [0.15, 0.2) is 11.6 Å². The van der Waals surface area contributed by atoms with Gasteiger partial charge in [-0.3, -0.25) is 9.59 Å². The van der Waals surface area contributed by atoms with Crippen LogP contribution in [0.25, 0.3) is 44.6 Å². The first kappa shape index (κ1) is 42.2. The maximum atomic E-state index is 14.8. The molecule has 0 aromatic heterocycles. The van der Waals surface area contributed by atoms with Gasteiger partial charge in [-0.1, -0.05) is 133 Å². The fraction of sp³-hybridized carbons (Fsp3) is 0. The smallest absolute Gasteiger partial charge is 0.195 e. The number of thiol groups is 4. The van der Waals surface area contributed by atoms with Crippen molar-refractivity contribution in [2.24, 2.45) is 0 Å². The molecule has 8 aromatic carbocycles. The van der Waals surface area contributed by atoms with E-state index < -0.39 is 0 Å². The summed E-state index contributed by atoms with van der Waals surface area (Å²) in [5, 5.41) is 0. The minimum atomic E-state index is -0.0491. The van der Waals surface area contributed by atoms with Gasteiger partial charge in [0.2, 0.25) is 0 Å². The first-order valence-corrected chi connectivity index (χ1v) is 22.7. The maximum absolute atomic E-state index is 14.8. The largest absolute Gasteiger partial charge is 0.457 e. The molecule has 0 saturated heterocycles. The predicted octanol–water partition coefficient (Wildman–Crippen LogP) is 14.8. The highest BCUT2D eigenvalue weighted by Gasteiger charge is 2.37. The van der Waals surface area contributed by atoms with Crippen molar-refractivity contribution in [1.82, 2.24) is 0 Å². The van der Waals surface area contributed by atoms with Crippen LogP contribution in [0, 0.1) is 0 Å². The number of Topliss-reactive ketones (excluding diaryl/α,β-unsaturated/α-hetero) is 2. The van der Waals surface area contributed by atoms with E-state index in [1.165, 1.54) is 0 Å². The van der Waals surface area contributed by atoms with Crippen molar-refractivity contribution in [3.05, 3.63) is 251 Å². The zero-order valence-corrected chi connectivity index (χ0v) is 38.2. The minimum Gasteiger partial charge on any atom is -0.457 e. The average molecular weight is 911 g/mol. The molecule has 0 heterocycles. The molecule has 2 aliphatic rings. The van der Waals surface area contributed by atoms with Crippen molar-refractivity contribution in [2.75, 3.05) is 0 Å². The van der Waals surface area contributed by atoms with E-state index in [2.05, 4.69) is 50.5 Å². The number of hydrogen-bond acceptors (Lipinski definition) is 7. The summed E-state index contributed by atoms with van der Waals surface area (Å²) < 4.78 is 6.51. The molecule has 0 fully saturated rings. The van der Waals surface area contributed by atoms with E-state index in [0.29, 0.717) is 33.8 Å². The van der Waals surface area contributed by atoms with Gasteiger partial charge in [-0.15, -0.1) is 50.5 Å². The van der Waals surface area contributed by atoms with Crippen LogP contribution in [0.5, 0.6) is 11.5 Å². The van der Waals surface area contributed by atoms with E-state index in [4.69, 9.17) is 4.74 Å². The number of hydrogen-bond donors (Lipinski definition) is 4. The highest BCUT2D eigenvalue weighted by Crippen LogP contribution is 2.52. The second-order valence-electron chi connectivity index (χ2n) is 15.7. The van der Waals surface area contributed by atoms with Crippen molar-refractivity contribution in [3.8, 4) is 11.5 Å². The van der Waals surface area contributed by atoms with Gasteiger partial charge in [0.25, 0.3) is 0 Å². The van der Waals surface area contributed by atoms with Crippen molar-refractivity contribution >= 4 is 107 Å². The van der Waals surface area contributed by atoms with E-state index in [-0.39, 0.29) is 11.6 Å². The van der Waals surface area contributed by atoms with Crippen LogP contribution >= 0.6 is 50.5 Å². The standard InChI is InChI=1S/C58H38O3S4/c59-57-53(39-15-27-45(62)28-16-39)49(35-7-3-1-4-8-35)51(55(57)41-19-31-47(64)32-20-41)37-11-23-43(24-12-37)61-44-25-13-38(14-26-44)52-50(36-9-5-2-6-10-36)54(40-17-29-46(63)30-18-40)58(60)56(52)42-21-33-48(65)34-22-42/h1-34,62-65H. The van der Waals surface area contributed by atoms with E-state index in [1.807, 2.05) is 206 Å². The Labute approximate surface area is 400 Å². The topological polar surface area (TPSA) is 43.4 Å². The molecule has 0 saturated carbocycles. The molecule has 0 spiro atoms. The third-order valence-electron chi connectivity index (χ3n) is 11.7. The van der Waals surface area contributed by atoms with E-state index in [9.17, 15) is 9.59 Å². The zero-order valence-electron chi connectivity index (χ0n) is 34.6. The maximum Gasteiger partial charge on any atom is 0.195 e. The lowest BCUT2D eigenvalue weighted by Crippen LogP contribution is -2.02. The molecule has 3 nitrogen and oxygen atoms in total. The van der Waals surface area contributed by atoms with Crippen LogP contribution in [0.3, 0.4) is 0 Å². The lowest BCUT2D eigenvalue weighted by molar-refractivity contribution is -0.109. The Hall–Kier alpha value is -6.74. The molecule has 0 amide bonds. The molecule has 0 atom stereocenters. The third kappa shape index (κ3) is 8.29. The van der Waals surface area contributed by atoms with Gasteiger partial charge in [-0.25, -0.2) is 0 Å². The van der Waals surface area contributed by atoms with Gasteiger partial charge >= 0.3 is 0 Å². The van der Waals surface area contributed by atoms with Gasteiger partial charge in [-0.2, -0.15) is 0 Å². The van der Waals surface area contributed by atoms with Crippen molar-refractivity contribution < 1.29 is 14.3 Å². The van der Waals surface area contributed by atoms with Crippen LogP contribution in [-0.2, 0) is 9.59 Å². The Kier molecular flexibility index (Phi) is 11.7. The minimum absolute atomic E-state index is 0.0491. The summed E-state index contributed by atoms with van der Waals surface area (Å²) in [5.74, 6) is 1.16. The van der Waals surface area contributed by atoms with Crippen molar-refractivity contribution in [3.63, 3.8) is 0 Å². The summed E-state index contributed by atoms with van der Waals surface area (Å²) in [4.78, 5) is 32.9. The first-order chi connectivity index (χ1) is 31.7. The van der Waals surface area contributed by atoms with Gasteiger partial charge < -0.3 is 4.74 Å². The fourth-order valence-electron chi connectivity index (χ4n) is 8.70. The number of allylic oxidation sites excluding steroid dienone is 8. The lowest BCUT2D eigenvalue weighted by Gasteiger charge is -2.15. The summed E-state index contributed by atoms with van der Waals surface area (Å²) in [5.41, 5.74) is 12.8. The molecule has 312 valence electrons. The Morgan fingerprint density at radius 2 is 0.431 bits per heavy atom. The highest BCUT2D eigenvalue weighted by atomic mass is 32.1. The molecule has 0 aliphatic heterocycles. The van der Waals surface area contributed by atoms with Crippen molar-refractivity contribution in [2.45, 2.75) is 19.6 Å². The second kappa shape index (κ2) is 18.0. The van der Waals surface area contributed by atoms with Gasteiger partial charge in [0.1, 0.15) is 11.5 Å². The van der Waals surface area contributed by atoms with Gasteiger partial charge in [0, 0.05) is 64.2 Å². The summed E-state index contributed by atoms with van der Waals surface area (Å²) in [6.07, 6.45) is 0. The van der Waals surface area contributed by atoms with E-state index in [0.717, 1.165) is 86.4 Å². The molecule has 0 bridgehead atoms. The van der Waals surface area contributed by atoms with Crippen LogP contribution in [0.15, 0.2) is 226 Å². The third-order valence-corrected chi connectivity index (χ3v) is 12.9. The SMILES string of the molecule is O=C1C(c2ccc(S)cc2)=C(c2ccccc2)C(c2ccc(Oc3ccc(C4=C(c5ccc(S)cc5)C(=O)C(c5ccc(S)cc5)=C4c4ccccc4)cc3)cc2)=C1c1ccc(S)cc1. The Balaban J connectivity index is 1.04. The Morgan fingerprint density at radius 1 is 0.231 bits per heavy atom. The van der Waals surface area contributed by atoms with E-state index in [1.54, 1.807) is 0 Å². The molecule has 0 radical (unpaired) electrons. The zero-order chi connectivity index (χ0) is 44.6. The summed E-state index contributed by atoms with van der Waals surface area (Å²) in [6, 6.07) is 66.9. The number of carbonyl (C=O) groups excluding carboxylic acids is 2. The van der Waals surface area contributed by atoms with Crippen LogP contribution in [0.1, 0.15) is 44.5 Å². The molecule has 65 heavy (non-hydrogen) atoms. The van der Waals surface area contributed by atoms with Crippen molar-refractivity contribution in [1.29, 1.82) is 0 Å². The number of rotatable bonds is 10. The molecule has 0 unspecified atom stereocenters. The summed E-state index contributed by atoms with van der Waals surface area (Å²) in [6.45, 7) is 0. The molecule has 0 N–H and O–H groups in total. The summed E-state index contributed by atoms with van der Waals surface area (Å²) >= 11 is 18.1.